The summed E-state index contributed by atoms with van der Waals surface area (Å²) >= 11 is 0. The van der Waals surface area contributed by atoms with Crippen LogP contribution in [0.5, 0.6) is 0 Å². The molecule has 1 fully saturated rings. The number of hydrogen-bond acceptors (Lipinski definition) is 3. The van der Waals surface area contributed by atoms with Crippen LogP contribution in [-0.4, -0.2) is 43.5 Å². The number of nitrogens with zero attached hydrogens (tertiary/aromatic N) is 2. The molecule has 2 N–H and O–H groups in total. The highest BCUT2D eigenvalue weighted by atomic mass is 16.2. The Morgan fingerprint density at radius 3 is 2.53 bits per heavy atom. The van der Waals surface area contributed by atoms with Crippen LogP contribution in [0.3, 0.4) is 0 Å². The van der Waals surface area contributed by atoms with E-state index in [9.17, 15) is 4.79 Å². The topological polar surface area (TPSA) is 49.6 Å². The summed E-state index contributed by atoms with van der Waals surface area (Å²) in [7, 11) is 1.95. The Morgan fingerprint density at radius 1 is 1.29 bits per heavy atom. The molecule has 4 nitrogen and oxygen atoms in total. The summed E-state index contributed by atoms with van der Waals surface area (Å²) in [5.41, 5.74) is 7.82. The van der Waals surface area contributed by atoms with Crippen molar-refractivity contribution in [2.45, 2.75) is 13.0 Å². The summed E-state index contributed by atoms with van der Waals surface area (Å²) in [6, 6.07) is 7.85. The van der Waals surface area contributed by atoms with Crippen molar-refractivity contribution in [3.63, 3.8) is 0 Å². The van der Waals surface area contributed by atoms with Crippen molar-refractivity contribution in [3.05, 3.63) is 29.8 Å². The van der Waals surface area contributed by atoms with E-state index in [1.54, 1.807) is 0 Å². The predicted octanol–water partition coefficient (Wildman–Crippen LogP) is 0.601. The molecule has 2 rings (SSSR count). The third-order valence-electron chi connectivity index (χ3n) is 3.33. The van der Waals surface area contributed by atoms with E-state index in [1.165, 1.54) is 5.56 Å². The second kappa shape index (κ2) is 4.85. The van der Waals surface area contributed by atoms with Gasteiger partial charge in [-0.15, -0.1) is 0 Å². The van der Waals surface area contributed by atoms with Gasteiger partial charge in [-0.05, 0) is 26.1 Å². The molecule has 92 valence electrons. The van der Waals surface area contributed by atoms with Gasteiger partial charge in [0.2, 0.25) is 5.91 Å². The molecular formula is C13H19N3O. The van der Waals surface area contributed by atoms with E-state index in [0.29, 0.717) is 6.54 Å². The van der Waals surface area contributed by atoms with Gasteiger partial charge in [0.15, 0.2) is 0 Å². The number of anilines is 1. The number of likely N-dealkylation sites (N-methyl/N-ethyl adjacent to an activating group) is 1. The molecule has 17 heavy (non-hydrogen) atoms. The fourth-order valence-corrected chi connectivity index (χ4v) is 2.15. The highest BCUT2D eigenvalue weighted by Gasteiger charge is 2.32. The molecule has 0 aromatic heterocycles. The lowest BCUT2D eigenvalue weighted by Gasteiger charge is -2.38. The second-order valence-corrected chi connectivity index (χ2v) is 4.56. The maximum atomic E-state index is 12.3. The van der Waals surface area contributed by atoms with Crippen LogP contribution in [0.25, 0.3) is 0 Å². The Kier molecular flexibility index (Phi) is 3.45. The highest BCUT2D eigenvalue weighted by Crippen LogP contribution is 2.19. The van der Waals surface area contributed by atoms with Gasteiger partial charge in [0.25, 0.3) is 0 Å². The molecule has 1 amide bonds. The van der Waals surface area contributed by atoms with Gasteiger partial charge < -0.3 is 10.6 Å². The van der Waals surface area contributed by atoms with Crippen LogP contribution in [-0.2, 0) is 4.79 Å². The largest absolute Gasteiger partial charge is 0.328 e. The van der Waals surface area contributed by atoms with Crippen molar-refractivity contribution in [1.29, 1.82) is 0 Å². The van der Waals surface area contributed by atoms with Crippen LogP contribution in [0, 0.1) is 6.92 Å². The van der Waals surface area contributed by atoms with E-state index >= 15 is 0 Å². The molecule has 1 aromatic carbocycles. The molecule has 1 heterocycles. The molecule has 1 saturated heterocycles. The van der Waals surface area contributed by atoms with Gasteiger partial charge in [0.05, 0.1) is 0 Å². The SMILES string of the molecule is Cc1ccc(N2CCN(C)C(CN)C2=O)cc1. The average Bonchev–Trinajstić information content (AvgIpc) is 2.31. The standard InChI is InChI=1S/C13H19N3O/c1-10-3-5-11(6-4-10)16-8-7-15(2)12(9-14)13(16)17/h3-6,12H,7-9,14H2,1-2H3. The molecule has 0 radical (unpaired) electrons. The molecule has 1 aliphatic heterocycles. The maximum absolute atomic E-state index is 12.3. The number of benzene rings is 1. The van der Waals surface area contributed by atoms with E-state index in [0.717, 1.165) is 18.8 Å². The van der Waals surface area contributed by atoms with Gasteiger partial charge in [-0.1, -0.05) is 17.7 Å². The number of piperazine rings is 1. The second-order valence-electron chi connectivity index (χ2n) is 4.56. The molecule has 0 bridgehead atoms. The van der Waals surface area contributed by atoms with Crippen molar-refractivity contribution < 1.29 is 4.79 Å². The summed E-state index contributed by atoms with van der Waals surface area (Å²) in [5.74, 6) is 0.102. The minimum absolute atomic E-state index is 0.102. The van der Waals surface area contributed by atoms with E-state index in [1.807, 2.05) is 48.0 Å². The van der Waals surface area contributed by atoms with E-state index < -0.39 is 0 Å². The first-order valence-corrected chi connectivity index (χ1v) is 5.92. The van der Waals surface area contributed by atoms with Crippen molar-refractivity contribution in [1.82, 2.24) is 4.90 Å². The number of carbonyl (C=O) groups is 1. The predicted molar refractivity (Wildman–Crippen MR) is 69.0 cm³/mol. The number of rotatable bonds is 2. The lowest BCUT2D eigenvalue weighted by molar-refractivity contribution is -0.124. The molecule has 1 unspecified atom stereocenters. The van der Waals surface area contributed by atoms with Crippen LogP contribution >= 0.6 is 0 Å². The lowest BCUT2D eigenvalue weighted by atomic mass is 10.1. The van der Waals surface area contributed by atoms with Gasteiger partial charge in [0, 0.05) is 25.3 Å². The molecular weight excluding hydrogens is 214 g/mol. The molecule has 1 aromatic rings. The van der Waals surface area contributed by atoms with Crippen LogP contribution in [0.2, 0.25) is 0 Å². The summed E-state index contributed by atoms with van der Waals surface area (Å²) in [6.45, 7) is 4.01. The fraction of sp³-hybridized carbons (Fsp3) is 0.462. The third-order valence-corrected chi connectivity index (χ3v) is 3.33. The fourth-order valence-electron chi connectivity index (χ4n) is 2.15. The smallest absolute Gasteiger partial charge is 0.245 e. The third kappa shape index (κ3) is 2.33. The Hall–Kier alpha value is -1.39. The number of nitrogens with two attached hydrogens (primary N) is 1. The molecule has 0 aliphatic carbocycles. The Bertz CT molecular complexity index is 402. The summed E-state index contributed by atoms with van der Waals surface area (Å²) < 4.78 is 0. The van der Waals surface area contributed by atoms with E-state index in [2.05, 4.69) is 0 Å². The summed E-state index contributed by atoms with van der Waals surface area (Å²) in [4.78, 5) is 16.1. The quantitative estimate of drug-likeness (QED) is 0.814. The monoisotopic (exact) mass is 233 g/mol. The normalized spacial score (nSPS) is 21.9. The zero-order chi connectivity index (χ0) is 12.4. The minimum Gasteiger partial charge on any atom is -0.328 e. The van der Waals surface area contributed by atoms with E-state index in [-0.39, 0.29) is 11.9 Å². The minimum atomic E-state index is -0.190. The summed E-state index contributed by atoms with van der Waals surface area (Å²) in [5, 5.41) is 0. The van der Waals surface area contributed by atoms with Crippen molar-refractivity contribution in [3.8, 4) is 0 Å². The molecule has 1 aliphatic rings. The van der Waals surface area contributed by atoms with Crippen LogP contribution < -0.4 is 10.6 Å². The van der Waals surface area contributed by atoms with Gasteiger partial charge in [-0.3, -0.25) is 9.69 Å². The highest BCUT2D eigenvalue weighted by molar-refractivity contribution is 5.98. The number of hydrogen-bond donors (Lipinski definition) is 1. The van der Waals surface area contributed by atoms with Gasteiger partial charge >= 0.3 is 0 Å². The van der Waals surface area contributed by atoms with Gasteiger partial charge in [-0.2, -0.15) is 0 Å². The van der Waals surface area contributed by atoms with Crippen LogP contribution in [0.1, 0.15) is 5.56 Å². The van der Waals surface area contributed by atoms with Crippen molar-refractivity contribution >= 4 is 11.6 Å². The maximum Gasteiger partial charge on any atom is 0.245 e. The summed E-state index contributed by atoms with van der Waals surface area (Å²) in [6.07, 6.45) is 0. The Balaban J connectivity index is 2.22. The van der Waals surface area contributed by atoms with Crippen molar-refractivity contribution in [2.75, 3.05) is 31.6 Å². The first-order valence-electron chi connectivity index (χ1n) is 5.92. The van der Waals surface area contributed by atoms with Crippen LogP contribution in [0.4, 0.5) is 5.69 Å². The first-order chi connectivity index (χ1) is 8.13. The van der Waals surface area contributed by atoms with Gasteiger partial charge in [-0.25, -0.2) is 0 Å². The van der Waals surface area contributed by atoms with E-state index in [4.69, 9.17) is 5.73 Å². The lowest BCUT2D eigenvalue weighted by Crippen LogP contribution is -2.58. The number of carbonyl (C=O) groups excluding carboxylic acids is 1. The molecule has 0 saturated carbocycles. The Morgan fingerprint density at radius 2 is 1.94 bits per heavy atom. The van der Waals surface area contributed by atoms with Crippen molar-refractivity contribution in [2.24, 2.45) is 5.73 Å². The number of amides is 1. The zero-order valence-electron chi connectivity index (χ0n) is 10.4. The first kappa shape index (κ1) is 12.1. The molecule has 4 heteroatoms. The Labute approximate surface area is 102 Å². The van der Waals surface area contributed by atoms with Crippen LogP contribution in [0.15, 0.2) is 24.3 Å². The molecule has 1 atom stereocenters. The average molecular weight is 233 g/mol. The number of aryl methyl sites for hydroxylation is 1. The molecule has 0 spiro atoms. The van der Waals surface area contributed by atoms with Gasteiger partial charge in [0.1, 0.15) is 6.04 Å². The zero-order valence-corrected chi connectivity index (χ0v) is 10.4.